The Morgan fingerprint density at radius 2 is 1.75 bits per heavy atom. The van der Waals surface area contributed by atoms with E-state index in [1.807, 2.05) is 0 Å². The van der Waals surface area contributed by atoms with Crippen LogP contribution in [0.1, 0.15) is 17.3 Å². The molecule has 124 valence electrons. The SMILES string of the molecule is CC(=O)Nc1cccc(NC(=O)Cn2cc(C(=O)O)ccc2=O)c1. The number of nitrogens with zero attached hydrogens (tertiary/aromatic N) is 1. The fourth-order valence-corrected chi connectivity index (χ4v) is 2.01. The van der Waals surface area contributed by atoms with E-state index < -0.39 is 17.4 Å². The van der Waals surface area contributed by atoms with Gasteiger partial charge in [-0.05, 0) is 24.3 Å². The highest BCUT2D eigenvalue weighted by Gasteiger charge is 2.09. The van der Waals surface area contributed by atoms with Crippen molar-refractivity contribution >= 4 is 29.2 Å². The van der Waals surface area contributed by atoms with E-state index in [0.29, 0.717) is 11.4 Å². The molecule has 0 aliphatic rings. The normalized spacial score (nSPS) is 10.0. The van der Waals surface area contributed by atoms with Gasteiger partial charge in [0.05, 0.1) is 5.56 Å². The summed E-state index contributed by atoms with van der Waals surface area (Å²) in [5.41, 5.74) is 0.385. The number of benzene rings is 1. The quantitative estimate of drug-likeness (QED) is 0.760. The van der Waals surface area contributed by atoms with Crippen LogP contribution in [0.2, 0.25) is 0 Å². The van der Waals surface area contributed by atoms with Gasteiger partial charge in [-0.15, -0.1) is 0 Å². The maximum absolute atomic E-state index is 12.0. The number of amides is 2. The highest BCUT2D eigenvalue weighted by molar-refractivity contribution is 5.93. The van der Waals surface area contributed by atoms with E-state index in [1.165, 1.54) is 13.0 Å². The zero-order chi connectivity index (χ0) is 17.7. The van der Waals surface area contributed by atoms with Crippen molar-refractivity contribution in [3.8, 4) is 0 Å². The molecule has 1 aromatic carbocycles. The number of hydrogen-bond donors (Lipinski definition) is 3. The number of carbonyl (C=O) groups excluding carboxylic acids is 2. The number of anilines is 2. The predicted octanol–water partition coefficient (Wildman–Crippen LogP) is 1.14. The largest absolute Gasteiger partial charge is 0.478 e. The molecule has 0 atom stereocenters. The van der Waals surface area contributed by atoms with Gasteiger partial charge in [0, 0.05) is 30.6 Å². The average Bonchev–Trinajstić information content (AvgIpc) is 2.48. The summed E-state index contributed by atoms with van der Waals surface area (Å²) in [6.45, 7) is 1.04. The summed E-state index contributed by atoms with van der Waals surface area (Å²) in [4.78, 5) is 45.7. The van der Waals surface area contributed by atoms with Crippen molar-refractivity contribution < 1.29 is 19.5 Å². The van der Waals surface area contributed by atoms with Gasteiger partial charge in [0.2, 0.25) is 11.8 Å². The molecule has 1 aromatic heterocycles. The van der Waals surface area contributed by atoms with Gasteiger partial charge < -0.3 is 20.3 Å². The first-order valence-corrected chi connectivity index (χ1v) is 6.96. The Labute approximate surface area is 136 Å². The third-order valence-corrected chi connectivity index (χ3v) is 3.01. The molecule has 0 aliphatic carbocycles. The summed E-state index contributed by atoms with van der Waals surface area (Å²) >= 11 is 0. The average molecular weight is 329 g/mol. The molecule has 0 radical (unpaired) electrons. The fourth-order valence-electron chi connectivity index (χ4n) is 2.01. The van der Waals surface area contributed by atoms with E-state index in [1.54, 1.807) is 24.3 Å². The van der Waals surface area contributed by atoms with E-state index in [-0.39, 0.29) is 18.0 Å². The van der Waals surface area contributed by atoms with Crippen LogP contribution < -0.4 is 16.2 Å². The van der Waals surface area contributed by atoms with Crippen LogP contribution in [0.15, 0.2) is 47.4 Å². The van der Waals surface area contributed by atoms with Crippen molar-refractivity contribution in [1.82, 2.24) is 4.57 Å². The number of rotatable bonds is 5. The van der Waals surface area contributed by atoms with Gasteiger partial charge in [-0.2, -0.15) is 0 Å². The van der Waals surface area contributed by atoms with Crippen molar-refractivity contribution in [3.05, 3.63) is 58.5 Å². The number of carboxylic acid groups (broad SMARTS) is 1. The maximum Gasteiger partial charge on any atom is 0.337 e. The molecule has 24 heavy (non-hydrogen) atoms. The monoisotopic (exact) mass is 329 g/mol. The number of carboxylic acids is 1. The van der Waals surface area contributed by atoms with Crippen molar-refractivity contribution in [1.29, 1.82) is 0 Å². The molecule has 1 heterocycles. The Balaban J connectivity index is 2.11. The van der Waals surface area contributed by atoms with Crippen LogP contribution in [-0.4, -0.2) is 27.5 Å². The van der Waals surface area contributed by atoms with Crippen LogP contribution >= 0.6 is 0 Å². The lowest BCUT2D eigenvalue weighted by Gasteiger charge is -2.09. The summed E-state index contributed by atoms with van der Waals surface area (Å²) in [7, 11) is 0. The van der Waals surface area contributed by atoms with Gasteiger partial charge in [-0.3, -0.25) is 14.4 Å². The topological polar surface area (TPSA) is 118 Å². The van der Waals surface area contributed by atoms with Gasteiger partial charge in [-0.25, -0.2) is 4.79 Å². The molecular formula is C16H15N3O5. The first-order valence-electron chi connectivity index (χ1n) is 6.96. The van der Waals surface area contributed by atoms with Crippen LogP contribution in [0.25, 0.3) is 0 Å². The molecule has 0 spiro atoms. The number of aromatic carboxylic acids is 1. The molecule has 0 bridgehead atoms. The first-order chi connectivity index (χ1) is 11.3. The van der Waals surface area contributed by atoms with E-state index in [4.69, 9.17) is 5.11 Å². The van der Waals surface area contributed by atoms with Crippen LogP contribution in [0.5, 0.6) is 0 Å². The smallest absolute Gasteiger partial charge is 0.337 e. The van der Waals surface area contributed by atoms with Crippen molar-refractivity contribution in [2.24, 2.45) is 0 Å². The highest BCUT2D eigenvalue weighted by Crippen LogP contribution is 2.15. The van der Waals surface area contributed by atoms with Crippen molar-refractivity contribution in [2.45, 2.75) is 13.5 Å². The summed E-state index contributed by atoms with van der Waals surface area (Å²) in [6, 6.07) is 8.77. The van der Waals surface area contributed by atoms with E-state index in [0.717, 1.165) is 16.8 Å². The van der Waals surface area contributed by atoms with Gasteiger partial charge in [0.25, 0.3) is 5.56 Å². The van der Waals surface area contributed by atoms with Crippen LogP contribution in [0.4, 0.5) is 11.4 Å². The zero-order valence-electron chi connectivity index (χ0n) is 12.8. The molecule has 2 rings (SSSR count). The molecule has 8 nitrogen and oxygen atoms in total. The van der Waals surface area contributed by atoms with E-state index in [2.05, 4.69) is 10.6 Å². The lowest BCUT2D eigenvalue weighted by atomic mass is 10.2. The molecule has 0 saturated heterocycles. The minimum Gasteiger partial charge on any atom is -0.478 e. The number of pyridine rings is 1. The summed E-state index contributed by atoms with van der Waals surface area (Å²) in [5, 5.41) is 14.1. The Bertz CT molecular complexity index is 857. The molecule has 2 aromatic rings. The fraction of sp³-hybridized carbons (Fsp3) is 0.125. The Hall–Kier alpha value is -3.42. The molecular weight excluding hydrogens is 314 g/mol. The minimum atomic E-state index is -1.19. The summed E-state index contributed by atoms with van der Waals surface area (Å²) < 4.78 is 1.01. The number of carbonyl (C=O) groups is 3. The second-order valence-electron chi connectivity index (χ2n) is 5.00. The first kappa shape index (κ1) is 16.9. The number of nitrogens with one attached hydrogen (secondary N) is 2. The van der Waals surface area contributed by atoms with Gasteiger partial charge in [0.1, 0.15) is 6.54 Å². The molecule has 0 unspecified atom stereocenters. The van der Waals surface area contributed by atoms with Crippen LogP contribution in [-0.2, 0) is 16.1 Å². The molecule has 0 fully saturated rings. The van der Waals surface area contributed by atoms with Gasteiger partial charge in [0.15, 0.2) is 0 Å². The van der Waals surface area contributed by atoms with E-state index >= 15 is 0 Å². The Kier molecular flexibility index (Phi) is 5.10. The maximum atomic E-state index is 12.0. The molecule has 2 amide bonds. The molecule has 3 N–H and O–H groups in total. The zero-order valence-corrected chi connectivity index (χ0v) is 12.8. The Morgan fingerprint density at radius 3 is 2.38 bits per heavy atom. The van der Waals surface area contributed by atoms with Crippen LogP contribution in [0, 0.1) is 0 Å². The van der Waals surface area contributed by atoms with Crippen molar-refractivity contribution in [3.63, 3.8) is 0 Å². The third-order valence-electron chi connectivity index (χ3n) is 3.01. The molecule has 0 saturated carbocycles. The highest BCUT2D eigenvalue weighted by atomic mass is 16.4. The third kappa shape index (κ3) is 4.54. The summed E-state index contributed by atoms with van der Waals surface area (Å²) in [5.74, 6) is -1.93. The van der Waals surface area contributed by atoms with E-state index in [9.17, 15) is 19.2 Å². The standard InChI is InChI=1S/C16H15N3O5/c1-10(20)17-12-3-2-4-13(7-12)18-14(21)9-19-8-11(16(23)24)5-6-15(19)22/h2-8H,9H2,1H3,(H,17,20)(H,18,21)(H,23,24). The second-order valence-corrected chi connectivity index (χ2v) is 5.00. The molecule has 8 heteroatoms. The Morgan fingerprint density at radius 1 is 1.08 bits per heavy atom. The predicted molar refractivity (Wildman–Crippen MR) is 87.0 cm³/mol. The lowest BCUT2D eigenvalue weighted by Crippen LogP contribution is -2.27. The number of hydrogen-bond acceptors (Lipinski definition) is 4. The minimum absolute atomic E-state index is 0.0879. The summed E-state index contributed by atoms with van der Waals surface area (Å²) in [6.07, 6.45) is 1.11. The van der Waals surface area contributed by atoms with Gasteiger partial charge >= 0.3 is 5.97 Å². The molecule has 0 aliphatic heterocycles. The van der Waals surface area contributed by atoms with Gasteiger partial charge in [-0.1, -0.05) is 6.07 Å². The lowest BCUT2D eigenvalue weighted by molar-refractivity contribution is -0.117. The number of aromatic nitrogens is 1. The van der Waals surface area contributed by atoms with Crippen LogP contribution in [0.3, 0.4) is 0 Å². The second kappa shape index (κ2) is 7.23. The van der Waals surface area contributed by atoms with Crippen molar-refractivity contribution in [2.75, 3.05) is 10.6 Å².